The van der Waals surface area contributed by atoms with Gasteiger partial charge in [0.05, 0.1) is 0 Å². The first-order valence-corrected chi connectivity index (χ1v) is 5.90. The van der Waals surface area contributed by atoms with Gasteiger partial charge in [0.15, 0.2) is 0 Å². The average molecular weight is 235 g/mol. The molecule has 0 unspecified atom stereocenters. The van der Waals surface area contributed by atoms with E-state index >= 15 is 0 Å². The van der Waals surface area contributed by atoms with Crippen molar-refractivity contribution in [2.45, 2.75) is 40.5 Å². The van der Waals surface area contributed by atoms with E-state index in [2.05, 4.69) is 43.4 Å². The van der Waals surface area contributed by atoms with Crippen LogP contribution >= 0.6 is 0 Å². The Balaban J connectivity index is 0.00000256. The number of carbonyl (C=O) groups is 1. The molecule has 1 aromatic rings. The highest BCUT2D eigenvalue weighted by Crippen LogP contribution is 2.11. The number of carbonyl (C=O) groups excluding carboxylic acids is 1. The van der Waals surface area contributed by atoms with Crippen LogP contribution in [0.25, 0.3) is 0 Å². The van der Waals surface area contributed by atoms with Gasteiger partial charge in [0.1, 0.15) is 0 Å². The Kier molecular flexibility index (Phi) is 7.27. The summed E-state index contributed by atoms with van der Waals surface area (Å²) >= 11 is 0. The van der Waals surface area contributed by atoms with Crippen LogP contribution in [0.3, 0.4) is 0 Å². The molecule has 0 bridgehead atoms. The summed E-state index contributed by atoms with van der Waals surface area (Å²) in [6, 6.07) is 8.54. The Morgan fingerprint density at radius 2 is 1.94 bits per heavy atom. The molecular formula is C15H25NO. The topological polar surface area (TPSA) is 29.1 Å². The Labute approximate surface area is 105 Å². The van der Waals surface area contributed by atoms with Gasteiger partial charge in [-0.2, -0.15) is 0 Å². The second-order valence-electron chi connectivity index (χ2n) is 4.59. The van der Waals surface area contributed by atoms with Gasteiger partial charge < -0.3 is 5.32 Å². The first-order valence-electron chi connectivity index (χ1n) is 5.90. The molecule has 1 amide bonds. The van der Waals surface area contributed by atoms with E-state index in [1.807, 2.05) is 0 Å². The summed E-state index contributed by atoms with van der Waals surface area (Å²) < 4.78 is 0. The van der Waals surface area contributed by atoms with Crippen molar-refractivity contribution in [1.29, 1.82) is 0 Å². The van der Waals surface area contributed by atoms with Crippen LogP contribution in [0.15, 0.2) is 24.3 Å². The molecule has 1 rings (SSSR count). The SMILES string of the molecule is C.CNC(=O)CCc1cccc(CC(C)C)c1. The molecule has 96 valence electrons. The summed E-state index contributed by atoms with van der Waals surface area (Å²) in [5, 5.41) is 2.64. The van der Waals surface area contributed by atoms with Crippen molar-refractivity contribution >= 4 is 5.91 Å². The molecule has 0 aliphatic rings. The molecule has 0 fully saturated rings. The van der Waals surface area contributed by atoms with Gasteiger partial charge in [0, 0.05) is 13.5 Å². The van der Waals surface area contributed by atoms with Crippen molar-refractivity contribution < 1.29 is 4.79 Å². The fourth-order valence-electron chi connectivity index (χ4n) is 1.77. The fraction of sp³-hybridized carbons (Fsp3) is 0.533. The summed E-state index contributed by atoms with van der Waals surface area (Å²) in [5.74, 6) is 0.781. The van der Waals surface area contributed by atoms with Gasteiger partial charge in [-0.15, -0.1) is 0 Å². The molecule has 0 aliphatic carbocycles. The summed E-state index contributed by atoms with van der Waals surface area (Å²) in [7, 11) is 1.68. The summed E-state index contributed by atoms with van der Waals surface area (Å²) in [4.78, 5) is 11.1. The summed E-state index contributed by atoms with van der Waals surface area (Å²) in [6.45, 7) is 4.44. The molecule has 0 radical (unpaired) electrons. The number of hydrogen-bond acceptors (Lipinski definition) is 1. The zero-order chi connectivity index (χ0) is 12.0. The van der Waals surface area contributed by atoms with Crippen LogP contribution < -0.4 is 5.32 Å². The molecule has 0 saturated heterocycles. The van der Waals surface area contributed by atoms with Crippen LogP contribution in [-0.4, -0.2) is 13.0 Å². The van der Waals surface area contributed by atoms with Crippen molar-refractivity contribution in [3.05, 3.63) is 35.4 Å². The van der Waals surface area contributed by atoms with Gasteiger partial charge in [-0.1, -0.05) is 45.5 Å². The predicted octanol–water partition coefficient (Wildman–Crippen LogP) is 3.20. The molecule has 0 heterocycles. The third-order valence-electron chi connectivity index (χ3n) is 2.55. The molecule has 2 heteroatoms. The minimum atomic E-state index is 0. The van der Waals surface area contributed by atoms with E-state index in [1.165, 1.54) is 11.1 Å². The van der Waals surface area contributed by atoms with Gasteiger partial charge in [-0.3, -0.25) is 4.79 Å². The van der Waals surface area contributed by atoms with Crippen LogP contribution in [0.1, 0.15) is 38.8 Å². The second kappa shape index (κ2) is 7.88. The van der Waals surface area contributed by atoms with Gasteiger partial charge in [-0.25, -0.2) is 0 Å². The van der Waals surface area contributed by atoms with Crippen LogP contribution in [0.2, 0.25) is 0 Å². The lowest BCUT2D eigenvalue weighted by atomic mass is 9.99. The normalized spacial score (nSPS) is 9.88. The van der Waals surface area contributed by atoms with Crippen LogP contribution in [0, 0.1) is 5.92 Å². The number of hydrogen-bond donors (Lipinski definition) is 1. The highest BCUT2D eigenvalue weighted by molar-refractivity contribution is 5.75. The minimum Gasteiger partial charge on any atom is -0.359 e. The lowest BCUT2D eigenvalue weighted by Gasteiger charge is -2.07. The van der Waals surface area contributed by atoms with E-state index in [1.54, 1.807) is 7.05 Å². The summed E-state index contributed by atoms with van der Waals surface area (Å²) in [5.41, 5.74) is 2.62. The Morgan fingerprint density at radius 1 is 1.29 bits per heavy atom. The van der Waals surface area contributed by atoms with Crippen molar-refractivity contribution in [3.8, 4) is 0 Å². The van der Waals surface area contributed by atoms with Crippen LogP contribution in [-0.2, 0) is 17.6 Å². The van der Waals surface area contributed by atoms with Gasteiger partial charge in [0.2, 0.25) is 5.91 Å². The van der Waals surface area contributed by atoms with E-state index in [-0.39, 0.29) is 13.3 Å². The van der Waals surface area contributed by atoms with Crippen LogP contribution in [0.5, 0.6) is 0 Å². The molecule has 0 atom stereocenters. The van der Waals surface area contributed by atoms with Crippen molar-refractivity contribution in [1.82, 2.24) is 5.32 Å². The van der Waals surface area contributed by atoms with Gasteiger partial charge >= 0.3 is 0 Å². The standard InChI is InChI=1S/C14H21NO.CH4/c1-11(2)9-13-6-4-5-12(10-13)7-8-14(16)15-3;/h4-6,10-11H,7-9H2,1-3H3,(H,15,16);1H4. The maximum Gasteiger partial charge on any atom is 0.220 e. The first kappa shape index (κ1) is 15.7. The van der Waals surface area contributed by atoms with Gasteiger partial charge in [-0.05, 0) is 29.9 Å². The number of aryl methyl sites for hydroxylation is 1. The minimum absolute atomic E-state index is 0. The van der Waals surface area contributed by atoms with E-state index in [9.17, 15) is 4.79 Å². The molecular weight excluding hydrogens is 210 g/mol. The maximum absolute atomic E-state index is 11.1. The Bertz CT molecular complexity index is 345. The van der Waals surface area contributed by atoms with Crippen molar-refractivity contribution in [2.75, 3.05) is 7.05 Å². The van der Waals surface area contributed by atoms with Crippen LogP contribution in [0.4, 0.5) is 0 Å². The number of amides is 1. The molecule has 0 saturated carbocycles. The highest BCUT2D eigenvalue weighted by atomic mass is 16.1. The average Bonchev–Trinajstić information content (AvgIpc) is 2.25. The monoisotopic (exact) mass is 235 g/mol. The van der Waals surface area contributed by atoms with E-state index < -0.39 is 0 Å². The van der Waals surface area contributed by atoms with E-state index in [4.69, 9.17) is 0 Å². The smallest absolute Gasteiger partial charge is 0.220 e. The third-order valence-corrected chi connectivity index (χ3v) is 2.55. The maximum atomic E-state index is 11.1. The quantitative estimate of drug-likeness (QED) is 0.834. The number of rotatable bonds is 5. The lowest BCUT2D eigenvalue weighted by molar-refractivity contribution is -0.120. The number of benzene rings is 1. The van der Waals surface area contributed by atoms with E-state index in [0.717, 1.165) is 12.8 Å². The Morgan fingerprint density at radius 3 is 2.53 bits per heavy atom. The zero-order valence-corrected chi connectivity index (χ0v) is 10.4. The number of nitrogens with one attached hydrogen (secondary N) is 1. The lowest BCUT2D eigenvalue weighted by Crippen LogP contribution is -2.17. The van der Waals surface area contributed by atoms with Gasteiger partial charge in [0.25, 0.3) is 0 Å². The van der Waals surface area contributed by atoms with Crippen molar-refractivity contribution in [3.63, 3.8) is 0 Å². The summed E-state index contributed by atoms with van der Waals surface area (Å²) in [6.07, 6.45) is 2.50. The predicted molar refractivity (Wildman–Crippen MR) is 74.1 cm³/mol. The molecule has 1 aromatic carbocycles. The molecule has 17 heavy (non-hydrogen) atoms. The second-order valence-corrected chi connectivity index (χ2v) is 4.59. The molecule has 0 aliphatic heterocycles. The molecule has 2 nitrogen and oxygen atoms in total. The largest absolute Gasteiger partial charge is 0.359 e. The highest BCUT2D eigenvalue weighted by Gasteiger charge is 2.02. The zero-order valence-electron chi connectivity index (χ0n) is 10.4. The molecule has 1 N–H and O–H groups in total. The molecule has 0 spiro atoms. The fourth-order valence-corrected chi connectivity index (χ4v) is 1.77. The Hall–Kier alpha value is -1.31. The third kappa shape index (κ3) is 6.10. The molecule has 0 aromatic heterocycles. The van der Waals surface area contributed by atoms with Crippen molar-refractivity contribution in [2.24, 2.45) is 5.92 Å². The first-order chi connectivity index (χ1) is 7.61. The van der Waals surface area contributed by atoms with E-state index in [0.29, 0.717) is 12.3 Å².